The lowest BCUT2D eigenvalue weighted by Gasteiger charge is -2.33. The number of carbonyl (C=O) groups is 1. The van der Waals surface area contributed by atoms with Gasteiger partial charge in [0, 0.05) is 26.7 Å². The number of unbranched alkanes of at least 4 members (excludes halogenated alkanes) is 1. The Morgan fingerprint density at radius 3 is 3.05 bits per heavy atom. The molecule has 1 aliphatic rings. The average molecular weight is 327 g/mol. The number of aromatic nitrogens is 2. The number of hydrogen-bond acceptors (Lipinski definition) is 4. The van der Waals surface area contributed by atoms with Crippen molar-refractivity contribution >= 4 is 23.2 Å². The van der Waals surface area contributed by atoms with E-state index in [9.17, 15) is 9.59 Å². The molecule has 1 aromatic heterocycles. The van der Waals surface area contributed by atoms with E-state index < -0.39 is 0 Å². The molecule has 2 rings (SSSR count). The lowest BCUT2D eigenvalue weighted by Crippen LogP contribution is -2.44. The summed E-state index contributed by atoms with van der Waals surface area (Å²) in [6.45, 7) is 4.18. The van der Waals surface area contributed by atoms with Gasteiger partial charge in [0.1, 0.15) is 5.02 Å². The number of carbonyl (C=O) groups excluding carboxylic acids is 1. The van der Waals surface area contributed by atoms with Gasteiger partial charge in [-0.25, -0.2) is 4.68 Å². The number of nitrogens with one attached hydrogen (secondary N) is 1. The van der Waals surface area contributed by atoms with E-state index in [1.807, 2.05) is 4.90 Å². The van der Waals surface area contributed by atoms with E-state index in [0.717, 1.165) is 38.8 Å². The maximum atomic E-state index is 12.2. The van der Waals surface area contributed by atoms with E-state index in [-0.39, 0.29) is 22.4 Å². The first-order valence-corrected chi connectivity index (χ1v) is 8.16. The first-order valence-electron chi connectivity index (χ1n) is 7.79. The van der Waals surface area contributed by atoms with Crippen molar-refractivity contribution in [1.29, 1.82) is 0 Å². The number of hydrogen-bond donors (Lipinski definition) is 1. The number of amides is 1. The molecule has 0 radical (unpaired) electrons. The Morgan fingerprint density at radius 1 is 1.55 bits per heavy atom. The molecule has 0 spiro atoms. The van der Waals surface area contributed by atoms with Gasteiger partial charge < -0.3 is 10.2 Å². The Balaban J connectivity index is 2.06. The summed E-state index contributed by atoms with van der Waals surface area (Å²) in [7, 11) is 1.57. The molecule has 0 saturated carbocycles. The predicted octanol–water partition coefficient (Wildman–Crippen LogP) is 1.57. The summed E-state index contributed by atoms with van der Waals surface area (Å²) in [5, 5.41) is 7.17. The van der Waals surface area contributed by atoms with Gasteiger partial charge in [0.15, 0.2) is 0 Å². The van der Waals surface area contributed by atoms with E-state index in [0.29, 0.717) is 12.2 Å². The molecule has 1 amide bonds. The van der Waals surface area contributed by atoms with Gasteiger partial charge in [0.2, 0.25) is 5.91 Å². The molecular weight excluding hydrogens is 304 g/mol. The van der Waals surface area contributed by atoms with Crippen LogP contribution in [-0.4, -0.2) is 35.3 Å². The third-order valence-electron chi connectivity index (χ3n) is 4.02. The first-order chi connectivity index (χ1) is 10.5. The van der Waals surface area contributed by atoms with Crippen LogP contribution < -0.4 is 15.8 Å². The van der Waals surface area contributed by atoms with Gasteiger partial charge in [-0.2, -0.15) is 5.10 Å². The van der Waals surface area contributed by atoms with Crippen molar-refractivity contribution in [2.24, 2.45) is 13.0 Å². The fourth-order valence-corrected chi connectivity index (χ4v) is 2.96. The molecule has 1 fully saturated rings. The highest BCUT2D eigenvalue weighted by molar-refractivity contribution is 6.33. The molecular formula is C15H23ClN4O2. The molecule has 1 aromatic rings. The van der Waals surface area contributed by atoms with Crippen LogP contribution in [0, 0.1) is 5.92 Å². The minimum Gasteiger partial charge on any atom is -0.368 e. The van der Waals surface area contributed by atoms with Crippen molar-refractivity contribution in [2.75, 3.05) is 24.5 Å². The molecule has 0 aliphatic carbocycles. The summed E-state index contributed by atoms with van der Waals surface area (Å²) < 4.78 is 1.21. The van der Waals surface area contributed by atoms with Crippen LogP contribution in [-0.2, 0) is 11.8 Å². The number of aryl methyl sites for hydroxylation is 1. The number of halogens is 1. The summed E-state index contributed by atoms with van der Waals surface area (Å²) in [6, 6.07) is 0. The standard InChI is InChI=1S/C15H23ClN4O2/c1-3-4-7-17-14(21)11-6-5-8-20(10-11)12-9-18-19(2)15(22)13(12)16/h9,11H,3-8,10H2,1-2H3,(H,17,21). The van der Waals surface area contributed by atoms with E-state index in [1.165, 1.54) is 4.68 Å². The zero-order valence-corrected chi connectivity index (χ0v) is 13.9. The molecule has 1 unspecified atom stereocenters. The fraction of sp³-hybridized carbons (Fsp3) is 0.667. The highest BCUT2D eigenvalue weighted by Gasteiger charge is 2.27. The molecule has 1 N–H and O–H groups in total. The van der Waals surface area contributed by atoms with Crippen molar-refractivity contribution < 1.29 is 4.79 Å². The minimum absolute atomic E-state index is 0.0641. The Morgan fingerprint density at radius 2 is 2.32 bits per heavy atom. The second-order valence-electron chi connectivity index (χ2n) is 5.70. The fourth-order valence-electron chi connectivity index (χ4n) is 2.67. The number of nitrogens with zero attached hydrogens (tertiary/aromatic N) is 3. The zero-order chi connectivity index (χ0) is 16.1. The van der Waals surface area contributed by atoms with Gasteiger partial charge in [-0.1, -0.05) is 24.9 Å². The van der Waals surface area contributed by atoms with Crippen LogP contribution in [0.25, 0.3) is 0 Å². The van der Waals surface area contributed by atoms with Crippen LogP contribution in [0.15, 0.2) is 11.0 Å². The summed E-state index contributed by atoms with van der Waals surface area (Å²) in [5.74, 6) is 0.0248. The summed E-state index contributed by atoms with van der Waals surface area (Å²) in [4.78, 5) is 26.1. The molecule has 22 heavy (non-hydrogen) atoms. The summed E-state index contributed by atoms with van der Waals surface area (Å²) in [5.41, 5.74) is 0.310. The average Bonchev–Trinajstić information content (AvgIpc) is 2.53. The SMILES string of the molecule is CCCCNC(=O)C1CCCN(c2cnn(C)c(=O)c2Cl)C1. The van der Waals surface area contributed by atoms with Crippen LogP contribution in [0.3, 0.4) is 0 Å². The Labute approximate surface area is 135 Å². The maximum absolute atomic E-state index is 12.2. The summed E-state index contributed by atoms with van der Waals surface area (Å²) in [6.07, 6.45) is 5.42. The molecule has 1 atom stereocenters. The predicted molar refractivity (Wildman–Crippen MR) is 87.3 cm³/mol. The minimum atomic E-state index is -0.311. The quantitative estimate of drug-likeness (QED) is 0.834. The molecule has 122 valence electrons. The molecule has 2 heterocycles. The van der Waals surface area contributed by atoms with Crippen molar-refractivity contribution in [3.63, 3.8) is 0 Å². The number of anilines is 1. The highest BCUT2D eigenvalue weighted by Crippen LogP contribution is 2.26. The smallest absolute Gasteiger partial charge is 0.287 e. The molecule has 1 aliphatic heterocycles. The topological polar surface area (TPSA) is 67.2 Å². The van der Waals surface area contributed by atoms with Crippen molar-refractivity contribution in [1.82, 2.24) is 15.1 Å². The Kier molecular flexibility index (Phi) is 5.83. The van der Waals surface area contributed by atoms with E-state index in [1.54, 1.807) is 13.2 Å². The van der Waals surface area contributed by atoms with E-state index in [4.69, 9.17) is 11.6 Å². The van der Waals surface area contributed by atoms with Crippen LogP contribution in [0.4, 0.5) is 5.69 Å². The third kappa shape index (κ3) is 3.80. The molecule has 7 heteroatoms. The van der Waals surface area contributed by atoms with Crippen molar-refractivity contribution in [2.45, 2.75) is 32.6 Å². The maximum Gasteiger partial charge on any atom is 0.287 e. The van der Waals surface area contributed by atoms with Crippen LogP contribution in [0.1, 0.15) is 32.6 Å². The third-order valence-corrected chi connectivity index (χ3v) is 4.38. The van der Waals surface area contributed by atoms with E-state index in [2.05, 4.69) is 17.3 Å². The van der Waals surface area contributed by atoms with Crippen LogP contribution >= 0.6 is 11.6 Å². The largest absolute Gasteiger partial charge is 0.368 e. The second kappa shape index (κ2) is 7.63. The van der Waals surface area contributed by atoms with Gasteiger partial charge in [-0.15, -0.1) is 0 Å². The van der Waals surface area contributed by atoms with Gasteiger partial charge in [-0.3, -0.25) is 9.59 Å². The van der Waals surface area contributed by atoms with Gasteiger partial charge in [-0.05, 0) is 19.3 Å². The highest BCUT2D eigenvalue weighted by atomic mass is 35.5. The van der Waals surface area contributed by atoms with Crippen LogP contribution in [0.2, 0.25) is 5.02 Å². The lowest BCUT2D eigenvalue weighted by atomic mass is 9.96. The van der Waals surface area contributed by atoms with Crippen molar-refractivity contribution in [3.8, 4) is 0 Å². The Bertz CT molecular complexity index is 587. The normalized spacial score (nSPS) is 18.3. The van der Waals surface area contributed by atoms with Gasteiger partial charge >= 0.3 is 0 Å². The van der Waals surface area contributed by atoms with Gasteiger partial charge in [0.25, 0.3) is 5.56 Å². The molecule has 0 aromatic carbocycles. The number of rotatable bonds is 5. The molecule has 0 bridgehead atoms. The van der Waals surface area contributed by atoms with Crippen LogP contribution in [0.5, 0.6) is 0 Å². The zero-order valence-electron chi connectivity index (χ0n) is 13.1. The molecule has 1 saturated heterocycles. The summed E-state index contributed by atoms with van der Waals surface area (Å²) >= 11 is 6.15. The first kappa shape index (κ1) is 16.8. The van der Waals surface area contributed by atoms with E-state index >= 15 is 0 Å². The number of piperidine rings is 1. The second-order valence-corrected chi connectivity index (χ2v) is 6.08. The molecule has 6 nitrogen and oxygen atoms in total. The lowest BCUT2D eigenvalue weighted by molar-refractivity contribution is -0.125. The Hall–Kier alpha value is -1.56. The van der Waals surface area contributed by atoms with Crippen molar-refractivity contribution in [3.05, 3.63) is 21.6 Å². The van der Waals surface area contributed by atoms with Gasteiger partial charge in [0.05, 0.1) is 17.8 Å². The monoisotopic (exact) mass is 326 g/mol.